The summed E-state index contributed by atoms with van der Waals surface area (Å²) in [6.45, 7) is 0. The largest absolute Gasteiger partial charge is 0.456 e. The van der Waals surface area contributed by atoms with Crippen LogP contribution in [0.2, 0.25) is 0 Å². The highest BCUT2D eigenvalue weighted by atomic mass is 16.5. The molecule has 10 rings (SSSR count). The predicted molar refractivity (Wildman–Crippen MR) is 185 cm³/mol. The van der Waals surface area contributed by atoms with Crippen molar-refractivity contribution in [2.75, 3.05) is 0 Å². The third-order valence-corrected chi connectivity index (χ3v) is 8.90. The van der Waals surface area contributed by atoms with Gasteiger partial charge in [0.1, 0.15) is 22.7 Å². The molecule has 0 saturated heterocycles. The molecule has 6 heteroatoms. The van der Waals surface area contributed by atoms with Gasteiger partial charge in [0.25, 0.3) is 0 Å². The topological polar surface area (TPSA) is 58.0 Å². The van der Waals surface area contributed by atoms with Gasteiger partial charge in [-0.3, -0.25) is 4.57 Å². The highest BCUT2D eigenvalue weighted by Crippen LogP contribution is 2.37. The van der Waals surface area contributed by atoms with Crippen molar-refractivity contribution in [1.29, 1.82) is 0 Å². The van der Waals surface area contributed by atoms with Crippen molar-refractivity contribution < 1.29 is 9.15 Å². The number of aromatic nitrogens is 4. The molecule has 0 fully saturated rings. The molecule has 6 nitrogen and oxygen atoms in total. The van der Waals surface area contributed by atoms with Gasteiger partial charge in [-0.2, -0.15) is 4.98 Å². The number of para-hydroxylation sites is 4. The number of benzene rings is 6. The van der Waals surface area contributed by atoms with Crippen molar-refractivity contribution in [2.45, 2.75) is 0 Å². The molecule has 0 unspecified atom stereocenters. The van der Waals surface area contributed by atoms with Crippen molar-refractivity contribution in [1.82, 2.24) is 19.1 Å². The lowest BCUT2D eigenvalue weighted by atomic mass is 10.1. The maximum absolute atomic E-state index is 6.24. The second-order valence-electron chi connectivity index (χ2n) is 11.5. The molecular weight excluding hydrogens is 568 g/mol. The van der Waals surface area contributed by atoms with Gasteiger partial charge >= 0.3 is 6.01 Å². The monoisotopic (exact) mass is 592 g/mol. The summed E-state index contributed by atoms with van der Waals surface area (Å²) in [6.07, 6.45) is 1.75. The van der Waals surface area contributed by atoms with Crippen LogP contribution in [-0.2, 0) is 0 Å². The number of furan rings is 1. The highest BCUT2D eigenvalue weighted by Gasteiger charge is 2.17. The predicted octanol–water partition coefficient (Wildman–Crippen LogP) is 10.4. The summed E-state index contributed by atoms with van der Waals surface area (Å²) in [5, 5.41) is 6.82. The van der Waals surface area contributed by atoms with E-state index in [0.717, 1.165) is 55.2 Å². The number of hydrogen-bond donors (Lipinski definition) is 0. The number of ether oxygens (including phenoxy) is 1. The molecule has 10 aromatic rings. The van der Waals surface area contributed by atoms with Crippen molar-refractivity contribution in [3.05, 3.63) is 146 Å². The van der Waals surface area contributed by atoms with Crippen molar-refractivity contribution in [2.24, 2.45) is 0 Å². The van der Waals surface area contributed by atoms with Gasteiger partial charge in [0.15, 0.2) is 0 Å². The Labute approximate surface area is 262 Å². The van der Waals surface area contributed by atoms with Crippen LogP contribution in [0, 0.1) is 0 Å². The second-order valence-corrected chi connectivity index (χ2v) is 11.5. The van der Waals surface area contributed by atoms with Crippen LogP contribution in [0.1, 0.15) is 0 Å². The lowest BCUT2D eigenvalue weighted by Crippen LogP contribution is -2.00. The van der Waals surface area contributed by atoms with Gasteiger partial charge < -0.3 is 13.7 Å². The Morgan fingerprint density at radius 1 is 0.478 bits per heavy atom. The second kappa shape index (κ2) is 9.55. The van der Waals surface area contributed by atoms with Crippen molar-refractivity contribution >= 4 is 65.6 Å². The van der Waals surface area contributed by atoms with E-state index in [1.807, 2.05) is 42.5 Å². The van der Waals surface area contributed by atoms with Gasteiger partial charge in [-0.1, -0.05) is 72.8 Å². The van der Waals surface area contributed by atoms with Crippen LogP contribution in [0.4, 0.5) is 0 Å². The first-order chi connectivity index (χ1) is 22.8. The standard InChI is InChI=1S/C40H24N4O2/c1-5-13-33-27(9-1)28-10-2-6-14-34(28)43(33)25-17-19-36-31(23-25)29-11-3-7-15-35(29)44(36)39-21-22-41-40(42-39)45-26-18-20-38-32(24-26)30-12-4-8-16-37(30)46-38/h1-24H. The first kappa shape index (κ1) is 25.0. The molecule has 0 spiro atoms. The third kappa shape index (κ3) is 3.64. The molecule has 0 aliphatic heterocycles. The first-order valence-corrected chi connectivity index (χ1v) is 15.2. The van der Waals surface area contributed by atoms with Gasteiger partial charge in [0.2, 0.25) is 0 Å². The highest BCUT2D eigenvalue weighted by molar-refractivity contribution is 6.12. The molecule has 0 aliphatic carbocycles. The molecule has 0 aliphatic rings. The molecule has 6 aromatic carbocycles. The lowest BCUT2D eigenvalue weighted by Gasteiger charge is -2.10. The van der Waals surface area contributed by atoms with E-state index in [1.165, 1.54) is 21.8 Å². The molecule has 0 amide bonds. The van der Waals surface area contributed by atoms with E-state index >= 15 is 0 Å². The third-order valence-electron chi connectivity index (χ3n) is 8.90. The summed E-state index contributed by atoms with van der Waals surface area (Å²) in [7, 11) is 0. The summed E-state index contributed by atoms with van der Waals surface area (Å²) >= 11 is 0. The zero-order valence-corrected chi connectivity index (χ0v) is 24.5. The first-order valence-electron chi connectivity index (χ1n) is 15.2. The van der Waals surface area contributed by atoms with Crippen LogP contribution in [0.25, 0.3) is 77.1 Å². The Bertz CT molecular complexity index is 2750. The van der Waals surface area contributed by atoms with Crippen LogP contribution in [0.3, 0.4) is 0 Å². The maximum atomic E-state index is 6.24. The van der Waals surface area contributed by atoms with E-state index in [1.54, 1.807) is 6.20 Å². The normalized spacial score (nSPS) is 11.9. The van der Waals surface area contributed by atoms with Crippen molar-refractivity contribution in [3.8, 4) is 23.3 Å². The van der Waals surface area contributed by atoms with Crippen LogP contribution in [0.15, 0.2) is 150 Å². The fraction of sp³-hybridized carbons (Fsp3) is 0. The number of hydrogen-bond acceptors (Lipinski definition) is 4. The number of fused-ring (bicyclic) bond motifs is 9. The zero-order chi connectivity index (χ0) is 30.2. The Hall–Kier alpha value is -6.40. The lowest BCUT2D eigenvalue weighted by molar-refractivity contribution is 0.441. The zero-order valence-electron chi connectivity index (χ0n) is 24.5. The average molecular weight is 593 g/mol. The summed E-state index contributed by atoms with van der Waals surface area (Å²) in [5.41, 5.74) is 7.27. The fourth-order valence-corrected chi connectivity index (χ4v) is 6.93. The molecule has 46 heavy (non-hydrogen) atoms. The minimum absolute atomic E-state index is 0.275. The van der Waals surface area contributed by atoms with E-state index in [0.29, 0.717) is 5.75 Å². The summed E-state index contributed by atoms with van der Waals surface area (Å²) < 4.78 is 16.8. The summed E-state index contributed by atoms with van der Waals surface area (Å²) in [5.74, 6) is 1.38. The van der Waals surface area contributed by atoms with Gasteiger partial charge in [-0.05, 0) is 60.7 Å². The minimum Gasteiger partial charge on any atom is -0.456 e. The van der Waals surface area contributed by atoms with Gasteiger partial charge in [-0.25, -0.2) is 4.98 Å². The molecule has 0 bridgehead atoms. The molecule has 0 saturated carbocycles. The van der Waals surface area contributed by atoms with Crippen LogP contribution in [0.5, 0.6) is 11.8 Å². The van der Waals surface area contributed by atoms with Gasteiger partial charge in [-0.15, -0.1) is 0 Å². The Kier molecular flexibility index (Phi) is 5.19. The average Bonchev–Trinajstić information content (AvgIpc) is 3.76. The number of rotatable bonds is 4. The minimum atomic E-state index is 0.275. The molecule has 0 N–H and O–H groups in total. The van der Waals surface area contributed by atoms with Gasteiger partial charge in [0.05, 0.1) is 22.1 Å². The molecule has 0 atom stereocenters. The van der Waals surface area contributed by atoms with Crippen LogP contribution in [-0.4, -0.2) is 19.1 Å². The van der Waals surface area contributed by atoms with Crippen LogP contribution >= 0.6 is 0 Å². The molecular formula is C40H24N4O2. The van der Waals surface area contributed by atoms with E-state index < -0.39 is 0 Å². The Morgan fingerprint density at radius 3 is 1.85 bits per heavy atom. The van der Waals surface area contributed by atoms with Crippen LogP contribution < -0.4 is 4.74 Å². The van der Waals surface area contributed by atoms with E-state index in [4.69, 9.17) is 14.1 Å². The quantitative estimate of drug-likeness (QED) is 0.204. The summed E-state index contributed by atoms with van der Waals surface area (Å²) in [6, 6.07) is 48.3. The smallest absolute Gasteiger partial charge is 0.323 e. The van der Waals surface area contributed by atoms with E-state index in [-0.39, 0.29) is 6.01 Å². The molecule has 4 aromatic heterocycles. The Balaban J connectivity index is 1.11. The molecule has 0 radical (unpaired) electrons. The van der Waals surface area contributed by atoms with E-state index in [2.05, 4.69) is 111 Å². The van der Waals surface area contributed by atoms with Crippen molar-refractivity contribution in [3.63, 3.8) is 0 Å². The maximum Gasteiger partial charge on any atom is 0.323 e. The number of nitrogens with zero attached hydrogens (tertiary/aromatic N) is 4. The molecule has 4 heterocycles. The van der Waals surface area contributed by atoms with E-state index in [9.17, 15) is 0 Å². The SMILES string of the molecule is c1ccc2c(c1)oc1ccc(Oc3nccc(-n4c5ccccc5c5cc(-n6c7ccccc7c7ccccc76)ccc54)n3)cc12. The fourth-order valence-electron chi connectivity index (χ4n) is 6.93. The Morgan fingerprint density at radius 2 is 1.09 bits per heavy atom. The summed E-state index contributed by atoms with van der Waals surface area (Å²) in [4.78, 5) is 9.36. The van der Waals surface area contributed by atoms with Gasteiger partial charge in [0, 0.05) is 50.3 Å². The molecule has 216 valence electrons.